The van der Waals surface area contributed by atoms with Crippen LogP contribution in [0.25, 0.3) is 0 Å². The van der Waals surface area contributed by atoms with E-state index >= 15 is 0 Å². The SMILES string of the molecule is CNC1c2c(F)cc(F)cc2CSC1(C)C. The van der Waals surface area contributed by atoms with Gasteiger partial charge in [0.15, 0.2) is 0 Å². The van der Waals surface area contributed by atoms with E-state index in [0.29, 0.717) is 11.3 Å². The topological polar surface area (TPSA) is 12.0 Å². The van der Waals surface area contributed by atoms with E-state index in [2.05, 4.69) is 19.2 Å². The zero-order valence-corrected chi connectivity index (χ0v) is 10.4. The van der Waals surface area contributed by atoms with Crippen molar-refractivity contribution in [1.82, 2.24) is 5.32 Å². The molecule has 1 N–H and O–H groups in total. The zero-order valence-electron chi connectivity index (χ0n) is 9.60. The maximum atomic E-state index is 13.8. The van der Waals surface area contributed by atoms with Gasteiger partial charge in [0.2, 0.25) is 0 Å². The van der Waals surface area contributed by atoms with Crippen LogP contribution in [0.2, 0.25) is 0 Å². The Kier molecular flexibility index (Phi) is 2.97. The van der Waals surface area contributed by atoms with Crippen LogP contribution in [0.4, 0.5) is 8.78 Å². The van der Waals surface area contributed by atoms with E-state index in [1.54, 1.807) is 11.8 Å². The fourth-order valence-electron chi connectivity index (χ4n) is 2.27. The second kappa shape index (κ2) is 4.00. The molecule has 0 saturated heterocycles. The third-order valence-electron chi connectivity index (χ3n) is 3.05. The summed E-state index contributed by atoms with van der Waals surface area (Å²) in [5.41, 5.74) is 1.38. The van der Waals surface area contributed by atoms with Crippen molar-refractivity contribution in [3.8, 4) is 0 Å². The molecule has 1 unspecified atom stereocenters. The predicted octanol–water partition coefficient (Wildman–Crippen LogP) is 3.25. The van der Waals surface area contributed by atoms with Gasteiger partial charge in [-0.1, -0.05) is 0 Å². The monoisotopic (exact) mass is 243 g/mol. The first-order valence-corrected chi connectivity index (χ1v) is 6.23. The Hall–Kier alpha value is -0.610. The first-order valence-electron chi connectivity index (χ1n) is 5.25. The number of benzene rings is 1. The van der Waals surface area contributed by atoms with Crippen molar-refractivity contribution < 1.29 is 8.78 Å². The number of nitrogens with one attached hydrogen (secondary N) is 1. The molecule has 1 aliphatic rings. The fraction of sp³-hybridized carbons (Fsp3) is 0.500. The van der Waals surface area contributed by atoms with E-state index in [1.807, 2.05) is 7.05 Å². The molecular formula is C12H15F2NS. The highest BCUT2D eigenvalue weighted by atomic mass is 32.2. The number of hydrogen-bond acceptors (Lipinski definition) is 2. The lowest BCUT2D eigenvalue weighted by Crippen LogP contribution is -2.39. The molecule has 1 aromatic rings. The van der Waals surface area contributed by atoms with E-state index < -0.39 is 11.6 Å². The Balaban J connectivity index is 2.57. The van der Waals surface area contributed by atoms with Crippen molar-refractivity contribution in [3.05, 3.63) is 34.9 Å². The van der Waals surface area contributed by atoms with Crippen molar-refractivity contribution in [2.45, 2.75) is 30.4 Å². The van der Waals surface area contributed by atoms with Crippen molar-refractivity contribution in [2.24, 2.45) is 0 Å². The van der Waals surface area contributed by atoms with Gasteiger partial charge in [0.25, 0.3) is 0 Å². The minimum atomic E-state index is -0.494. The fourth-order valence-corrected chi connectivity index (χ4v) is 3.44. The number of thioether (sulfide) groups is 1. The molecule has 1 aliphatic heterocycles. The van der Waals surface area contributed by atoms with Crippen LogP contribution in [0.1, 0.15) is 31.0 Å². The molecule has 0 spiro atoms. The van der Waals surface area contributed by atoms with Crippen LogP contribution in [0, 0.1) is 11.6 Å². The second-order valence-corrected chi connectivity index (χ2v) is 6.20. The second-order valence-electron chi connectivity index (χ2n) is 4.57. The van der Waals surface area contributed by atoms with Crippen LogP contribution in [0.3, 0.4) is 0 Å². The molecule has 0 amide bonds. The van der Waals surface area contributed by atoms with Gasteiger partial charge in [0.05, 0.1) is 0 Å². The molecule has 0 aromatic heterocycles. The first-order chi connectivity index (χ1) is 7.45. The van der Waals surface area contributed by atoms with Gasteiger partial charge in [-0.25, -0.2) is 8.78 Å². The van der Waals surface area contributed by atoms with Crippen LogP contribution in [-0.4, -0.2) is 11.8 Å². The molecule has 1 aromatic carbocycles. The summed E-state index contributed by atoms with van der Waals surface area (Å²) in [6, 6.07) is 2.32. The predicted molar refractivity (Wildman–Crippen MR) is 63.5 cm³/mol. The zero-order chi connectivity index (χ0) is 11.9. The van der Waals surface area contributed by atoms with Gasteiger partial charge in [0, 0.05) is 28.2 Å². The lowest BCUT2D eigenvalue weighted by molar-refractivity contribution is 0.445. The maximum absolute atomic E-state index is 13.8. The summed E-state index contributed by atoms with van der Waals surface area (Å²) in [4.78, 5) is 0. The van der Waals surface area contributed by atoms with Crippen LogP contribution in [-0.2, 0) is 5.75 Å². The van der Waals surface area contributed by atoms with Crippen LogP contribution < -0.4 is 5.32 Å². The molecular weight excluding hydrogens is 228 g/mol. The summed E-state index contributed by atoms with van der Waals surface area (Å²) in [7, 11) is 1.81. The summed E-state index contributed by atoms with van der Waals surface area (Å²) in [6.45, 7) is 4.15. The van der Waals surface area contributed by atoms with E-state index in [9.17, 15) is 8.78 Å². The van der Waals surface area contributed by atoms with Crippen LogP contribution in [0.5, 0.6) is 0 Å². The molecule has 1 atom stereocenters. The summed E-state index contributed by atoms with van der Waals surface area (Å²) >= 11 is 1.72. The summed E-state index contributed by atoms with van der Waals surface area (Å²) in [6.07, 6.45) is 0. The molecule has 0 radical (unpaired) electrons. The van der Waals surface area contributed by atoms with E-state index in [4.69, 9.17) is 0 Å². The van der Waals surface area contributed by atoms with Crippen molar-refractivity contribution in [3.63, 3.8) is 0 Å². The van der Waals surface area contributed by atoms with Gasteiger partial charge in [-0.3, -0.25) is 0 Å². The van der Waals surface area contributed by atoms with Crippen molar-refractivity contribution in [2.75, 3.05) is 7.05 Å². The standard InChI is InChI=1S/C12H15F2NS/c1-12(2)11(15-3)10-7(6-16-12)4-8(13)5-9(10)14/h4-5,11,15H,6H2,1-3H3. The largest absolute Gasteiger partial charge is 0.312 e. The molecule has 0 bridgehead atoms. The molecule has 4 heteroatoms. The first kappa shape index (κ1) is 11.9. The van der Waals surface area contributed by atoms with Crippen LogP contribution in [0.15, 0.2) is 12.1 Å². The number of fused-ring (bicyclic) bond motifs is 1. The number of rotatable bonds is 1. The lowest BCUT2D eigenvalue weighted by Gasteiger charge is -2.39. The summed E-state index contributed by atoms with van der Waals surface area (Å²) in [5.74, 6) is -0.274. The Morgan fingerprint density at radius 3 is 2.69 bits per heavy atom. The Morgan fingerprint density at radius 2 is 2.06 bits per heavy atom. The van der Waals surface area contributed by atoms with Gasteiger partial charge >= 0.3 is 0 Å². The number of halogens is 2. The molecule has 88 valence electrons. The summed E-state index contributed by atoms with van der Waals surface area (Å²) in [5, 5.41) is 3.13. The quantitative estimate of drug-likeness (QED) is 0.812. The van der Waals surface area contributed by atoms with Gasteiger partial charge in [-0.2, -0.15) is 0 Å². The highest BCUT2D eigenvalue weighted by Crippen LogP contribution is 2.46. The summed E-state index contributed by atoms with van der Waals surface area (Å²) < 4.78 is 26.8. The maximum Gasteiger partial charge on any atom is 0.131 e. The van der Waals surface area contributed by atoms with Gasteiger partial charge in [-0.05, 0) is 32.5 Å². The molecule has 1 nitrogen and oxygen atoms in total. The normalized spacial score (nSPS) is 22.9. The minimum Gasteiger partial charge on any atom is -0.312 e. The van der Waals surface area contributed by atoms with Crippen molar-refractivity contribution >= 4 is 11.8 Å². The lowest BCUT2D eigenvalue weighted by atomic mass is 9.90. The van der Waals surface area contributed by atoms with Gasteiger partial charge in [0.1, 0.15) is 11.6 Å². The van der Waals surface area contributed by atoms with Crippen LogP contribution >= 0.6 is 11.8 Å². The highest BCUT2D eigenvalue weighted by molar-refractivity contribution is 8.00. The molecule has 2 rings (SSSR count). The van der Waals surface area contributed by atoms with E-state index in [0.717, 1.165) is 11.6 Å². The highest BCUT2D eigenvalue weighted by Gasteiger charge is 2.37. The average molecular weight is 243 g/mol. The van der Waals surface area contributed by atoms with E-state index in [-0.39, 0.29) is 10.8 Å². The molecule has 16 heavy (non-hydrogen) atoms. The molecule has 0 aliphatic carbocycles. The van der Waals surface area contributed by atoms with Crippen molar-refractivity contribution in [1.29, 1.82) is 0 Å². The Morgan fingerprint density at radius 1 is 1.38 bits per heavy atom. The van der Waals surface area contributed by atoms with Gasteiger partial charge in [-0.15, -0.1) is 11.8 Å². The third kappa shape index (κ3) is 1.84. The van der Waals surface area contributed by atoms with Gasteiger partial charge < -0.3 is 5.32 Å². The number of hydrogen-bond donors (Lipinski definition) is 1. The minimum absolute atomic E-state index is 0.0816. The van der Waals surface area contributed by atoms with E-state index in [1.165, 1.54) is 6.07 Å². The molecule has 1 heterocycles. The smallest absolute Gasteiger partial charge is 0.131 e. The molecule has 0 saturated carbocycles. The Labute approximate surface area is 98.6 Å². The molecule has 0 fully saturated rings. The third-order valence-corrected chi connectivity index (χ3v) is 4.49. The Bertz CT molecular complexity index is 418. The average Bonchev–Trinajstić information content (AvgIpc) is 2.18.